The zero-order chi connectivity index (χ0) is 16.2. The molecule has 0 fully saturated rings. The van der Waals surface area contributed by atoms with E-state index in [1.807, 2.05) is 30.3 Å². The second kappa shape index (κ2) is 6.41. The Bertz CT molecular complexity index is 855. The number of imidazole rings is 1. The summed E-state index contributed by atoms with van der Waals surface area (Å²) in [6.07, 6.45) is 3.36. The molecular weight excluding hydrogens is 316 g/mol. The van der Waals surface area contributed by atoms with Gasteiger partial charge in [0.05, 0.1) is 18.0 Å². The van der Waals surface area contributed by atoms with Gasteiger partial charge >= 0.3 is 5.88 Å². The van der Waals surface area contributed by atoms with Gasteiger partial charge in [0.25, 0.3) is 0 Å². The molecule has 0 bridgehead atoms. The molecule has 116 valence electrons. The molecule has 0 amide bonds. The highest BCUT2D eigenvalue weighted by atomic mass is 32.2. The average molecular weight is 328 g/mol. The van der Waals surface area contributed by atoms with Crippen molar-refractivity contribution in [3.05, 3.63) is 69.9 Å². The first-order valence-electron chi connectivity index (χ1n) is 6.61. The molecule has 0 unspecified atom stereocenters. The largest absolute Gasteiger partial charge is 0.433 e. The molecule has 2 heterocycles. The number of benzene rings is 1. The van der Waals surface area contributed by atoms with Gasteiger partial charge in [0.15, 0.2) is 5.16 Å². The Morgan fingerprint density at radius 1 is 1.26 bits per heavy atom. The molecule has 0 aliphatic rings. The standard InChI is InChI=1S/C15H12N4O3S/c16-18-10-13(11-4-2-1-3-5-11)17-15(18)23-9-8-12-6-7-14(22-12)19(20)21/h1-10H,16H2/b9-8+. The van der Waals surface area contributed by atoms with Gasteiger partial charge in [0, 0.05) is 5.56 Å². The fourth-order valence-electron chi connectivity index (χ4n) is 1.90. The van der Waals surface area contributed by atoms with E-state index in [0.29, 0.717) is 10.9 Å². The van der Waals surface area contributed by atoms with Gasteiger partial charge in [0.1, 0.15) is 10.7 Å². The van der Waals surface area contributed by atoms with Gasteiger partial charge in [-0.2, -0.15) is 0 Å². The third kappa shape index (κ3) is 3.43. The summed E-state index contributed by atoms with van der Waals surface area (Å²) in [4.78, 5) is 14.4. The molecule has 8 heteroatoms. The number of nitrogen functional groups attached to an aromatic ring is 1. The molecule has 23 heavy (non-hydrogen) atoms. The van der Waals surface area contributed by atoms with Crippen molar-refractivity contribution in [2.45, 2.75) is 5.16 Å². The third-order valence-corrected chi connectivity index (χ3v) is 3.75. The number of furan rings is 1. The summed E-state index contributed by atoms with van der Waals surface area (Å²) in [7, 11) is 0. The summed E-state index contributed by atoms with van der Waals surface area (Å²) in [5, 5.41) is 12.9. The van der Waals surface area contributed by atoms with Gasteiger partial charge in [-0.25, -0.2) is 9.66 Å². The summed E-state index contributed by atoms with van der Waals surface area (Å²) in [5.74, 6) is 5.99. The van der Waals surface area contributed by atoms with Crippen LogP contribution in [0.2, 0.25) is 0 Å². The molecule has 3 aromatic rings. The Hall–Kier alpha value is -3.00. The van der Waals surface area contributed by atoms with Crippen LogP contribution in [0.1, 0.15) is 5.76 Å². The predicted octanol–water partition coefficient (Wildman–Crippen LogP) is 3.53. The molecule has 0 spiro atoms. The molecular formula is C15H12N4O3S. The summed E-state index contributed by atoms with van der Waals surface area (Å²) in [6.45, 7) is 0. The first-order valence-corrected chi connectivity index (χ1v) is 7.49. The van der Waals surface area contributed by atoms with E-state index >= 15 is 0 Å². The number of hydrogen-bond donors (Lipinski definition) is 1. The highest BCUT2D eigenvalue weighted by Crippen LogP contribution is 2.24. The van der Waals surface area contributed by atoms with Crippen LogP contribution in [0, 0.1) is 10.1 Å². The van der Waals surface area contributed by atoms with Crippen molar-refractivity contribution in [2.24, 2.45) is 0 Å². The van der Waals surface area contributed by atoms with Gasteiger partial charge in [-0.3, -0.25) is 10.1 Å². The first kappa shape index (κ1) is 14.9. The van der Waals surface area contributed by atoms with E-state index in [-0.39, 0.29) is 5.88 Å². The second-order valence-electron chi connectivity index (χ2n) is 4.54. The van der Waals surface area contributed by atoms with Crippen molar-refractivity contribution in [1.82, 2.24) is 9.66 Å². The highest BCUT2D eigenvalue weighted by molar-refractivity contribution is 8.02. The van der Waals surface area contributed by atoms with Crippen LogP contribution in [-0.4, -0.2) is 14.6 Å². The van der Waals surface area contributed by atoms with Crippen molar-refractivity contribution >= 4 is 23.7 Å². The minimum absolute atomic E-state index is 0.290. The van der Waals surface area contributed by atoms with Crippen LogP contribution in [0.4, 0.5) is 5.88 Å². The normalized spacial score (nSPS) is 11.1. The molecule has 0 aliphatic carbocycles. The maximum atomic E-state index is 10.5. The van der Waals surface area contributed by atoms with Crippen molar-refractivity contribution in [2.75, 3.05) is 5.84 Å². The van der Waals surface area contributed by atoms with E-state index < -0.39 is 4.92 Å². The monoisotopic (exact) mass is 328 g/mol. The maximum absolute atomic E-state index is 10.5. The zero-order valence-electron chi connectivity index (χ0n) is 11.8. The van der Waals surface area contributed by atoms with Crippen LogP contribution in [-0.2, 0) is 0 Å². The Balaban J connectivity index is 1.72. The molecule has 0 aliphatic heterocycles. The molecule has 0 atom stereocenters. The lowest BCUT2D eigenvalue weighted by atomic mass is 10.2. The topological polar surface area (TPSA) is 100 Å². The second-order valence-corrected chi connectivity index (χ2v) is 5.41. The van der Waals surface area contributed by atoms with Gasteiger partial charge in [-0.05, 0) is 17.6 Å². The van der Waals surface area contributed by atoms with Gasteiger partial charge in [-0.1, -0.05) is 42.1 Å². The fraction of sp³-hybridized carbons (Fsp3) is 0. The number of hydrogen-bond acceptors (Lipinski definition) is 6. The maximum Gasteiger partial charge on any atom is 0.433 e. The minimum Gasteiger partial charge on any atom is -0.401 e. The average Bonchev–Trinajstić information content (AvgIpc) is 3.16. The fourth-order valence-corrected chi connectivity index (χ4v) is 2.55. The van der Waals surface area contributed by atoms with Gasteiger partial charge < -0.3 is 10.3 Å². The molecule has 2 N–H and O–H groups in total. The lowest BCUT2D eigenvalue weighted by Gasteiger charge is -1.94. The molecule has 0 saturated carbocycles. The van der Waals surface area contributed by atoms with E-state index in [4.69, 9.17) is 10.3 Å². The number of nitro groups is 1. The number of nitrogens with zero attached hydrogens (tertiary/aromatic N) is 3. The van der Waals surface area contributed by atoms with Crippen LogP contribution in [0.3, 0.4) is 0 Å². The zero-order valence-corrected chi connectivity index (χ0v) is 12.6. The summed E-state index contributed by atoms with van der Waals surface area (Å²) in [6, 6.07) is 12.5. The Labute approximate surface area is 135 Å². The van der Waals surface area contributed by atoms with Crippen LogP contribution in [0.15, 0.2) is 63.6 Å². The van der Waals surface area contributed by atoms with Gasteiger partial charge in [0.2, 0.25) is 0 Å². The van der Waals surface area contributed by atoms with Crippen LogP contribution in [0.5, 0.6) is 0 Å². The lowest BCUT2D eigenvalue weighted by molar-refractivity contribution is -0.402. The predicted molar refractivity (Wildman–Crippen MR) is 88.1 cm³/mol. The number of aromatic nitrogens is 2. The van der Waals surface area contributed by atoms with Crippen molar-refractivity contribution < 1.29 is 9.34 Å². The minimum atomic E-state index is -0.580. The molecule has 0 saturated heterocycles. The first-order chi connectivity index (χ1) is 11.1. The van der Waals surface area contributed by atoms with Crippen LogP contribution in [0.25, 0.3) is 17.3 Å². The summed E-state index contributed by atoms with van der Waals surface area (Å²) in [5.41, 5.74) is 1.75. The Morgan fingerprint density at radius 2 is 2.04 bits per heavy atom. The van der Waals surface area contributed by atoms with E-state index in [2.05, 4.69) is 4.98 Å². The van der Waals surface area contributed by atoms with Crippen LogP contribution < -0.4 is 5.84 Å². The highest BCUT2D eigenvalue weighted by Gasteiger charge is 2.10. The number of rotatable bonds is 5. The van der Waals surface area contributed by atoms with Crippen LogP contribution >= 0.6 is 11.8 Å². The van der Waals surface area contributed by atoms with E-state index in [1.54, 1.807) is 17.7 Å². The lowest BCUT2D eigenvalue weighted by Crippen LogP contribution is -2.06. The summed E-state index contributed by atoms with van der Waals surface area (Å²) < 4.78 is 6.46. The Kier molecular flexibility index (Phi) is 4.15. The smallest absolute Gasteiger partial charge is 0.401 e. The third-order valence-electron chi connectivity index (χ3n) is 2.97. The number of thioether (sulfide) groups is 1. The molecule has 0 radical (unpaired) electrons. The quantitative estimate of drug-likeness (QED) is 0.333. The molecule has 3 rings (SSSR count). The van der Waals surface area contributed by atoms with Crippen molar-refractivity contribution in [3.63, 3.8) is 0 Å². The number of nitrogens with two attached hydrogens (primary N) is 1. The SMILES string of the molecule is Nn1cc(-c2ccccc2)nc1S/C=C/c1ccc([N+](=O)[O-])o1. The summed E-state index contributed by atoms with van der Waals surface area (Å²) >= 11 is 1.29. The van der Waals surface area contributed by atoms with E-state index in [0.717, 1.165) is 11.3 Å². The van der Waals surface area contributed by atoms with E-state index in [9.17, 15) is 10.1 Å². The molecule has 7 nitrogen and oxygen atoms in total. The Morgan fingerprint density at radius 3 is 2.74 bits per heavy atom. The van der Waals surface area contributed by atoms with E-state index in [1.165, 1.54) is 28.6 Å². The molecule has 1 aromatic carbocycles. The molecule has 2 aromatic heterocycles. The van der Waals surface area contributed by atoms with Crippen molar-refractivity contribution in [1.29, 1.82) is 0 Å². The van der Waals surface area contributed by atoms with Crippen molar-refractivity contribution in [3.8, 4) is 11.3 Å². The van der Waals surface area contributed by atoms with Gasteiger partial charge in [-0.15, -0.1) is 0 Å².